The smallest absolute Gasteiger partial charge is 0.413 e. The van der Waals surface area contributed by atoms with Gasteiger partial charge in [0, 0.05) is 11.3 Å². The van der Waals surface area contributed by atoms with Gasteiger partial charge in [-0.1, -0.05) is 30.3 Å². The molecule has 1 heterocycles. The third kappa shape index (κ3) is 3.74. The van der Waals surface area contributed by atoms with E-state index in [1.807, 2.05) is 6.07 Å². The number of benzene rings is 1. The Bertz CT molecular complexity index is 627. The summed E-state index contributed by atoms with van der Waals surface area (Å²) in [6, 6.07) is 7.85. The molecule has 0 saturated carbocycles. The molecule has 0 bridgehead atoms. The van der Waals surface area contributed by atoms with Crippen LogP contribution in [0.3, 0.4) is 0 Å². The fraction of sp³-hybridized carbons (Fsp3) is 0.308. The zero-order valence-corrected chi connectivity index (χ0v) is 11.4. The normalized spacial score (nSPS) is 16.6. The van der Waals surface area contributed by atoms with Crippen LogP contribution in [0.5, 0.6) is 0 Å². The van der Waals surface area contributed by atoms with E-state index < -0.39 is 30.4 Å². The first-order chi connectivity index (χ1) is 10.6. The Balaban J connectivity index is 1.96. The van der Waals surface area contributed by atoms with E-state index in [1.165, 1.54) is 0 Å². The Morgan fingerprint density at radius 1 is 1.41 bits per heavy atom. The first-order valence-electron chi connectivity index (χ1n) is 6.33. The highest BCUT2D eigenvalue weighted by molar-refractivity contribution is 5.89. The Labute approximate surface area is 125 Å². The average molecular weight is 304 g/mol. The van der Waals surface area contributed by atoms with Crippen molar-refractivity contribution in [1.82, 2.24) is 4.90 Å². The highest BCUT2D eigenvalue weighted by Gasteiger charge is 2.39. The van der Waals surface area contributed by atoms with Gasteiger partial charge in [-0.05, 0) is 16.2 Å². The number of esters is 1. The lowest BCUT2D eigenvalue weighted by Gasteiger charge is -2.18. The number of hydrogen-bond acceptors (Lipinski definition) is 5. The second-order valence-corrected chi connectivity index (χ2v) is 4.41. The van der Waals surface area contributed by atoms with Gasteiger partial charge in [0.05, 0.1) is 0 Å². The largest absolute Gasteiger partial charge is 0.444 e. The molecule has 1 aromatic carbocycles. The van der Waals surface area contributed by atoms with Gasteiger partial charge in [0.1, 0.15) is 12.6 Å². The van der Waals surface area contributed by atoms with Crippen LogP contribution in [0.1, 0.15) is 12.0 Å². The SMILES string of the molecule is [N-]=[N+]=NC(=O)C[C@H]1C(=O)OCN1C(=O)OCc1ccccc1. The minimum Gasteiger partial charge on any atom is -0.444 e. The van der Waals surface area contributed by atoms with Crippen LogP contribution in [0.4, 0.5) is 4.79 Å². The predicted octanol–water partition coefficient (Wildman–Crippen LogP) is 1.74. The molecule has 1 fully saturated rings. The predicted molar refractivity (Wildman–Crippen MR) is 72.0 cm³/mol. The van der Waals surface area contributed by atoms with Crippen molar-refractivity contribution >= 4 is 18.0 Å². The second kappa shape index (κ2) is 7.09. The fourth-order valence-corrected chi connectivity index (χ4v) is 1.88. The Morgan fingerprint density at radius 2 is 2.14 bits per heavy atom. The van der Waals surface area contributed by atoms with Gasteiger partial charge in [-0.3, -0.25) is 9.69 Å². The van der Waals surface area contributed by atoms with Crippen molar-refractivity contribution in [3.8, 4) is 0 Å². The van der Waals surface area contributed by atoms with Crippen LogP contribution in [0.2, 0.25) is 0 Å². The molecule has 0 unspecified atom stereocenters. The molecule has 0 aliphatic carbocycles. The summed E-state index contributed by atoms with van der Waals surface area (Å²) in [5.41, 5.74) is 8.96. The molecule has 9 heteroatoms. The molecule has 22 heavy (non-hydrogen) atoms. The summed E-state index contributed by atoms with van der Waals surface area (Å²) in [6.07, 6.45) is -1.22. The van der Waals surface area contributed by atoms with Crippen LogP contribution in [0.15, 0.2) is 35.4 Å². The molecule has 0 radical (unpaired) electrons. The summed E-state index contributed by atoms with van der Waals surface area (Å²) in [7, 11) is 0. The lowest BCUT2D eigenvalue weighted by molar-refractivity contribution is -0.140. The molecule has 1 aliphatic rings. The number of nitrogens with zero attached hydrogens (tertiary/aromatic N) is 4. The quantitative estimate of drug-likeness (QED) is 0.363. The van der Waals surface area contributed by atoms with Gasteiger partial charge in [-0.25, -0.2) is 9.59 Å². The number of cyclic esters (lactones) is 1. The van der Waals surface area contributed by atoms with Gasteiger partial charge in [-0.2, -0.15) is 0 Å². The maximum absolute atomic E-state index is 12.0. The summed E-state index contributed by atoms with van der Waals surface area (Å²) in [4.78, 5) is 38.1. The van der Waals surface area contributed by atoms with Crippen molar-refractivity contribution in [2.45, 2.75) is 19.1 Å². The molecule has 9 nitrogen and oxygen atoms in total. The average Bonchev–Trinajstić information content (AvgIpc) is 2.87. The van der Waals surface area contributed by atoms with Crippen molar-refractivity contribution < 1.29 is 23.9 Å². The number of carbonyl (C=O) groups excluding carboxylic acids is 3. The van der Waals surface area contributed by atoms with Crippen LogP contribution in [-0.4, -0.2) is 35.6 Å². The van der Waals surface area contributed by atoms with Gasteiger partial charge in [0.2, 0.25) is 5.91 Å². The summed E-state index contributed by atoms with van der Waals surface area (Å²) in [6.45, 7) is -0.276. The van der Waals surface area contributed by atoms with Crippen LogP contribution >= 0.6 is 0 Å². The van der Waals surface area contributed by atoms with E-state index in [0.29, 0.717) is 0 Å². The molecule has 0 N–H and O–H groups in total. The zero-order valence-electron chi connectivity index (χ0n) is 11.4. The number of rotatable bonds is 4. The zero-order chi connectivity index (χ0) is 15.9. The number of amides is 2. The summed E-state index contributed by atoms with van der Waals surface area (Å²) in [5, 5.41) is 2.86. The molecule has 0 aromatic heterocycles. The molecule has 1 saturated heterocycles. The first-order valence-corrected chi connectivity index (χ1v) is 6.33. The van der Waals surface area contributed by atoms with Crippen LogP contribution in [-0.2, 0) is 25.7 Å². The monoisotopic (exact) mass is 304 g/mol. The van der Waals surface area contributed by atoms with E-state index in [-0.39, 0.29) is 13.3 Å². The minimum absolute atomic E-state index is 0.0291. The van der Waals surface area contributed by atoms with Gasteiger partial charge in [0.25, 0.3) is 0 Å². The minimum atomic E-state index is -1.14. The van der Waals surface area contributed by atoms with Crippen molar-refractivity contribution in [3.05, 3.63) is 46.3 Å². The van der Waals surface area contributed by atoms with E-state index in [9.17, 15) is 14.4 Å². The maximum atomic E-state index is 12.0. The third-order valence-corrected chi connectivity index (χ3v) is 2.96. The highest BCUT2D eigenvalue weighted by atomic mass is 16.6. The van der Waals surface area contributed by atoms with Crippen LogP contribution < -0.4 is 0 Å². The lowest BCUT2D eigenvalue weighted by Crippen LogP contribution is -2.39. The van der Waals surface area contributed by atoms with Crippen molar-refractivity contribution in [3.63, 3.8) is 0 Å². The van der Waals surface area contributed by atoms with Gasteiger partial charge < -0.3 is 9.47 Å². The molecular weight excluding hydrogens is 292 g/mol. The van der Waals surface area contributed by atoms with E-state index in [2.05, 4.69) is 10.0 Å². The summed E-state index contributed by atoms with van der Waals surface area (Å²) >= 11 is 0. The number of ether oxygens (including phenoxy) is 2. The van der Waals surface area contributed by atoms with E-state index in [0.717, 1.165) is 10.5 Å². The van der Waals surface area contributed by atoms with E-state index in [1.54, 1.807) is 24.3 Å². The molecule has 1 aliphatic heterocycles. The number of carbonyl (C=O) groups is 3. The van der Waals surface area contributed by atoms with E-state index >= 15 is 0 Å². The topological polar surface area (TPSA) is 122 Å². The van der Waals surface area contributed by atoms with Crippen molar-refractivity contribution in [2.24, 2.45) is 5.11 Å². The van der Waals surface area contributed by atoms with Crippen LogP contribution in [0.25, 0.3) is 10.4 Å². The fourth-order valence-electron chi connectivity index (χ4n) is 1.88. The Kier molecular flexibility index (Phi) is 4.94. The molecule has 0 spiro atoms. The molecule has 2 amide bonds. The standard InChI is InChI=1S/C13H12N4O5/c14-16-15-11(18)6-10-12(19)22-8-17(10)13(20)21-7-9-4-2-1-3-5-9/h1-5,10H,6-8H2/t10-/m0/s1. The van der Waals surface area contributed by atoms with Gasteiger partial charge >= 0.3 is 12.1 Å². The maximum Gasteiger partial charge on any atom is 0.413 e. The molecule has 2 rings (SSSR count). The summed E-state index contributed by atoms with van der Waals surface area (Å²) < 4.78 is 9.80. The van der Waals surface area contributed by atoms with Gasteiger partial charge in [0.15, 0.2) is 6.73 Å². The highest BCUT2D eigenvalue weighted by Crippen LogP contribution is 2.17. The molecule has 1 atom stereocenters. The van der Waals surface area contributed by atoms with E-state index in [4.69, 9.17) is 15.0 Å². The third-order valence-electron chi connectivity index (χ3n) is 2.96. The molecule has 1 aromatic rings. The number of hydrogen-bond donors (Lipinski definition) is 0. The Morgan fingerprint density at radius 3 is 2.82 bits per heavy atom. The van der Waals surface area contributed by atoms with Crippen molar-refractivity contribution in [1.29, 1.82) is 0 Å². The van der Waals surface area contributed by atoms with Crippen LogP contribution in [0, 0.1) is 0 Å². The molecular formula is C13H12N4O5. The van der Waals surface area contributed by atoms with Crippen molar-refractivity contribution in [2.75, 3.05) is 6.73 Å². The van der Waals surface area contributed by atoms with Gasteiger partial charge in [-0.15, -0.1) is 0 Å². The Hall–Kier alpha value is -3.06. The molecule has 114 valence electrons. The lowest BCUT2D eigenvalue weighted by atomic mass is 10.2. The first kappa shape index (κ1) is 15.3. The summed E-state index contributed by atoms with van der Waals surface area (Å²) in [5.74, 6) is -1.59. The number of azide groups is 1. The second-order valence-electron chi connectivity index (χ2n) is 4.41.